The Labute approximate surface area is 110 Å². The highest BCUT2D eigenvalue weighted by Crippen LogP contribution is 2.19. The molecular formula is C13H26N2O3. The molecule has 1 unspecified atom stereocenters. The van der Waals surface area contributed by atoms with Crippen molar-refractivity contribution < 1.29 is 14.3 Å². The fourth-order valence-corrected chi connectivity index (χ4v) is 1.87. The van der Waals surface area contributed by atoms with Crippen LogP contribution in [0.2, 0.25) is 0 Å². The summed E-state index contributed by atoms with van der Waals surface area (Å²) in [4.78, 5) is 13.9. The van der Waals surface area contributed by atoms with E-state index in [2.05, 4.69) is 0 Å². The number of hydrogen-bond acceptors (Lipinski definition) is 4. The zero-order valence-electron chi connectivity index (χ0n) is 12.2. The lowest BCUT2D eigenvalue weighted by Crippen LogP contribution is -2.53. The predicted molar refractivity (Wildman–Crippen MR) is 70.4 cm³/mol. The van der Waals surface area contributed by atoms with E-state index in [1.807, 2.05) is 34.6 Å². The molecule has 18 heavy (non-hydrogen) atoms. The minimum atomic E-state index is -0.493. The van der Waals surface area contributed by atoms with Crippen LogP contribution in [0.1, 0.15) is 41.0 Å². The maximum absolute atomic E-state index is 12.2. The maximum Gasteiger partial charge on any atom is 0.410 e. The van der Waals surface area contributed by atoms with Crippen LogP contribution in [0.15, 0.2) is 0 Å². The number of nitrogens with zero attached hydrogens (tertiary/aromatic N) is 1. The van der Waals surface area contributed by atoms with Crippen molar-refractivity contribution in [2.24, 2.45) is 5.73 Å². The van der Waals surface area contributed by atoms with Crippen molar-refractivity contribution in [1.82, 2.24) is 4.90 Å². The molecule has 1 rings (SSSR count). The fourth-order valence-electron chi connectivity index (χ4n) is 1.87. The van der Waals surface area contributed by atoms with Crippen molar-refractivity contribution in [3.8, 4) is 0 Å². The third-order valence-corrected chi connectivity index (χ3v) is 2.55. The van der Waals surface area contributed by atoms with E-state index in [0.29, 0.717) is 19.8 Å². The van der Waals surface area contributed by atoms with Crippen LogP contribution in [-0.2, 0) is 9.47 Å². The Hall–Kier alpha value is -0.810. The van der Waals surface area contributed by atoms with Gasteiger partial charge in [0.1, 0.15) is 5.60 Å². The van der Waals surface area contributed by atoms with Gasteiger partial charge in [0.15, 0.2) is 0 Å². The van der Waals surface area contributed by atoms with Crippen LogP contribution in [-0.4, -0.2) is 47.9 Å². The summed E-state index contributed by atoms with van der Waals surface area (Å²) in [5.41, 5.74) is 5.08. The van der Waals surface area contributed by atoms with E-state index < -0.39 is 11.1 Å². The minimum Gasteiger partial charge on any atom is -0.444 e. The monoisotopic (exact) mass is 258 g/mol. The van der Waals surface area contributed by atoms with Gasteiger partial charge in [-0.2, -0.15) is 0 Å². The first-order valence-corrected chi connectivity index (χ1v) is 6.45. The molecule has 1 saturated heterocycles. The second kappa shape index (κ2) is 5.45. The van der Waals surface area contributed by atoms with Gasteiger partial charge in [-0.3, -0.25) is 0 Å². The fraction of sp³-hybridized carbons (Fsp3) is 0.923. The van der Waals surface area contributed by atoms with Crippen LogP contribution in [0.25, 0.3) is 0 Å². The molecule has 1 aliphatic rings. The van der Waals surface area contributed by atoms with Gasteiger partial charge in [0.05, 0.1) is 12.6 Å². The predicted octanol–water partition coefficient (Wildman–Crippen LogP) is 1.75. The van der Waals surface area contributed by atoms with E-state index in [1.54, 1.807) is 4.90 Å². The number of carbonyl (C=O) groups excluding carboxylic acids is 1. The zero-order chi connectivity index (χ0) is 14.0. The van der Waals surface area contributed by atoms with Crippen molar-refractivity contribution in [2.75, 3.05) is 19.8 Å². The topological polar surface area (TPSA) is 64.8 Å². The summed E-state index contributed by atoms with van der Waals surface area (Å²) >= 11 is 0. The van der Waals surface area contributed by atoms with Crippen molar-refractivity contribution >= 4 is 6.09 Å². The van der Waals surface area contributed by atoms with Crippen molar-refractivity contribution in [3.63, 3.8) is 0 Å². The van der Waals surface area contributed by atoms with Gasteiger partial charge in [0, 0.05) is 18.7 Å². The molecule has 0 saturated carbocycles. The average molecular weight is 258 g/mol. The average Bonchev–Trinajstić information content (AvgIpc) is 2.61. The molecule has 2 N–H and O–H groups in total. The second-order valence-electron chi connectivity index (χ2n) is 6.61. The third-order valence-electron chi connectivity index (χ3n) is 2.55. The molecule has 5 nitrogen and oxygen atoms in total. The molecule has 1 heterocycles. The summed E-state index contributed by atoms with van der Waals surface area (Å²) in [6.45, 7) is 11.1. The lowest BCUT2D eigenvalue weighted by Gasteiger charge is -2.35. The Balaban J connectivity index is 2.73. The smallest absolute Gasteiger partial charge is 0.410 e. The van der Waals surface area contributed by atoms with E-state index in [4.69, 9.17) is 15.2 Å². The molecule has 1 aliphatic heterocycles. The molecular weight excluding hydrogens is 232 g/mol. The standard InChI is InChI=1S/C13H26N2O3/c1-12(2,3)18-11(16)15(9-13(4,5)14)10-6-7-17-8-10/h10H,6-9,14H2,1-5H3. The molecule has 5 heteroatoms. The molecule has 0 bridgehead atoms. The Bertz CT molecular complexity index is 286. The van der Waals surface area contributed by atoms with Crippen LogP contribution in [0.5, 0.6) is 0 Å². The number of amides is 1. The largest absolute Gasteiger partial charge is 0.444 e. The molecule has 0 radical (unpaired) electrons. The van der Waals surface area contributed by atoms with Gasteiger partial charge < -0.3 is 20.1 Å². The number of ether oxygens (including phenoxy) is 2. The van der Waals surface area contributed by atoms with Gasteiger partial charge in [-0.25, -0.2) is 4.79 Å². The quantitative estimate of drug-likeness (QED) is 0.837. The highest BCUT2D eigenvalue weighted by molar-refractivity contribution is 5.68. The maximum atomic E-state index is 12.2. The molecule has 0 spiro atoms. The van der Waals surface area contributed by atoms with E-state index in [9.17, 15) is 4.79 Å². The molecule has 106 valence electrons. The summed E-state index contributed by atoms with van der Waals surface area (Å²) in [5, 5.41) is 0. The second-order valence-corrected chi connectivity index (χ2v) is 6.61. The van der Waals surface area contributed by atoms with Crippen LogP contribution in [0.3, 0.4) is 0 Å². The summed E-state index contributed by atoms with van der Waals surface area (Å²) in [6, 6.07) is 0.0719. The Kier molecular flexibility index (Phi) is 4.61. The van der Waals surface area contributed by atoms with Crippen molar-refractivity contribution in [1.29, 1.82) is 0 Å². The van der Waals surface area contributed by atoms with Gasteiger partial charge in [0.25, 0.3) is 0 Å². The Morgan fingerprint density at radius 3 is 2.39 bits per heavy atom. The van der Waals surface area contributed by atoms with Gasteiger partial charge in [0.2, 0.25) is 0 Å². The molecule has 1 fully saturated rings. The third kappa shape index (κ3) is 5.23. The minimum absolute atomic E-state index is 0.0719. The first kappa shape index (κ1) is 15.2. The van der Waals surface area contributed by atoms with Gasteiger partial charge in [-0.1, -0.05) is 0 Å². The molecule has 0 aliphatic carbocycles. The van der Waals surface area contributed by atoms with Crippen molar-refractivity contribution in [3.05, 3.63) is 0 Å². The van der Waals surface area contributed by atoms with Gasteiger partial charge in [-0.05, 0) is 41.0 Å². The Morgan fingerprint density at radius 2 is 2.00 bits per heavy atom. The lowest BCUT2D eigenvalue weighted by molar-refractivity contribution is 0.0106. The summed E-state index contributed by atoms with van der Waals surface area (Å²) < 4.78 is 10.8. The zero-order valence-corrected chi connectivity index (χ0v) is 12.2. The molecule has 0 aromatic heterocycles. The Morgan fingerprint density at radius 1 is 1.39 bits per heavy atom. The van der Waals surface area contributed by atoms with E-state index >= 15 is 0 Å². The molecule has 1 atom stereocenters. The SMILES string of the molecule is CC(C)(N)CN(C(=O)OC(C)(C)C)C1CCOC1. The van der Waals surface area contributed by atoms with E-state index in [1.165, 1.54) is 0 Å². The number of hydrogen-bond donors (Lipinski definition) is 1. The first-order valence-electron chi connectivity index (χ1n) is 6.45. The van der Waals surface area contributed by atoms with Gasteiger partial charge in [-0.15, -0.1) is 0 Å². The number of rotatable bonds is 3. The lowest BCUT2D eigenvalue weighted by atomic mass is 10.1. The number of nitrogens with two attached hydrogens (primary N) is 1. The highest BCUT2D eigenvalue weighted by atomic mass is 16.6. The van der Waals surface area contributed by atoms with Crippen LogP contribution in [0.4, 0.5) is 4.79 Å². The van der Waals surface area contributed by atoms with E-state index in [-0.39, 0.29) is 12.1 Å². The molecule has 0 aromatic rings. The highest BCUT2D eigenvalue weighted by Gasteiger charge is 2.33. The van der Waals surface area contributed by atoms with Crippen molar-refractivity contribution in [2.45, 2.75) is 58.2 Å². The van der Waals surface area contributed by atoms with Crippen LogP contribution < -0.4 is 5.73 Å². The van der Waals surface area contributed by atoms with Gasteiger partial charge >= 0.3 is 6.09 Å². The first-order chi connectivity index (χ1) is 8.08. The molecule has 0 aromatic carbocycles. The summed E-state index contributed by atoms with van der Waals surface area (Å²) in [6.07, 6.45) is 0.534. The van der Waals surface area contributed by atoms with E-state index in [0.717, 1.165) is 6.42 Å². The van der Waals surface area contributed by atoms with Crippen LogP contribution in [0, 0.1) is 0 Å². The summed E-state index contributed by atoms with van der Waals surface area (Å²) in [5.74, 6) is 0. The summed E-state index contributed by atoms with van der Waals surface area (Å²) in [7, 11) is 0. The van der Waals surface area contributed by atoms with Crippen LogP contribution >= 0.6 is 0 Å². The molecule has 1 amide bonds. The normalized spacial score (nSPS) is 20.9. The number of carbonyl (C=O) groups is 1.